The van der Waals surface area contributed by atoms with Crippen molar-refractivity contribution in [3.05, 3.63) is 53.1 Å². The van der Waals surface area contributed by atoms with E-state index >= 15 is 0 Å². The first kappa shape index (κ1) is 17.9. The average Bonchev–Trinajstić information content (AvgIpc) is 3.43. The molecule has 0 aliphatic carbocycles. The Labute approximate surface area is 171 Å². The maximum Gasteiger partial charge on any atom is 0.255 e. The zero-order valence-corrected chi connectivity index (χ0v) is 16.1. The third-order valence-corrected chi connectivity index (χ3v) is 5.40. The van der Waals surface area contributed by atoms with Gasteiger partial charge in [-0.1, -0.05) is 16.8 Å². The highest BCUT2D eigenvalue weighted by molar-refractivity contribution is 6.29. The predicted octanol–water partition coefficient (Wildman–Crippen LogP) is 3.53. The first-order chi connectivity index (χ1) is 14.2. The van der Waals surface area contributed by atoms with E-state index in [1.165, 1.54) is 6.20 Å². The number of nitrogens with zero attached hydrogens (tertiary/aromatic N) is 4. The van der Waals surface area contributed by atoms with Gasteiger partial charge >= 0.3 is 0 Å². The maximum absolute atomic E-state index is 12.6. The van der Waals surface area contributed by atoms with Crippen molar-refractivity contribution in [1.82, 2.24) is 20.0 Å². The van der Waals surface area contributed by atoms with E-state index in [2.05, 4.69) is 15.1 Å². The Bertz CT molecular complexity index is 1040. The third kappa shape index (κ3) is 3.51. The number of halogens is 1. The van der Waals surface area contributed by atoms with Crippen LogP contribution in [0.5, 0.6) is 11.5 Å². The molecular formula is C20H17ClN4O4. The fourth-order valence-corrected chi connectivity index (χ4v) is 3.68. The Kier molecular flexibility index (Phi) is 4.55. The van der Waals surface area contributed by atoms with Crippen molar-refractivity contribution in [3.8, 4) is 22.9 Å². The number of piperidine rings is 1. The first-order valence-electron chi connectivity index (χ1n) is 9.32. The Balaban J connectivity index is 1.25. The molecule has 9 heteroatoms. The molecule has 0 bridgehead atoms. The van der Waals surface area contributed by atoms with E-state index in [1.54, 1.807) is 12.1 Å². The fraction of sp³-hybridized carbons (Fsp3) is 0.300. The lowest BCUT2D eigenvalue weighted by Gasteiger charge is -2.30. The normalized spacial score (nSPS) is 16.2. The van der Waals surface area contributed by atoms with Crippen LogP contribution in [0.1, 0.15) is 35.0 Å². The second kappa shape index (κ2) is 7.36. The van der Waals surface area contributed by atoms with Gasteiger partial charge in [-0.3, -0.25) is 4.79 Å². The summed E-state index contributed by atoms with van der Waals surface area (Å²) in [5.41, 5.74) is 1.35. The summed E-state index contributed by atoms with van der Waals surface area (Å²) in [7, 11) is 0. The van der Waals surface area contributed by atoms with Crippen LogP contribution in [-0.2, 0) is 0 Å². The zero-order valence-electron chi connectivity index (χ0n) is 15.4. The number of carbonyl (C=O) groups is 1. The van der Waals surface area contributed by atoms with Crippen molar-refractivity contribution in [2.75, 3.05) is 19.9 Å². The molecule has 1 amide bonds. The molecule has 0 saturated carbocycles. The van der Waals surface area contributed by atoms with Gasteiger partial charge < -0.3 is 18.9 Å². The van der Waals surface area contributed by atoms with Gasteiger partial charge in [0.25, 0.3) is 5.91 Å². The largest absolute Gasteiger partial charge is 0.454 e. The third-order valence-electron chi connectivity index (χ3n) is 5.18. The van der Waals surface area contributed by atoms with Crippen molar-refractivity contribution >= 4 is 17.5 Å². The number of ether oxygens (including phenoxy) is 2. The van der Waals surface area contributed by atoms with Crippen molar-refractivity contribution in [1.29, 1.82) is 0 Å². The molecule has 0 atom stereocenters. The van der Waals surface area contributed by atoms with Crippen LogP contribution in [0.15, 0.2) is 41.1 Å². The van der Waals surface area contributed by atoms with E-state index in [-0.39, 0.29) is 18.6 Å². The van der Waals surface area contributed by atoms with E-state index in [0.29, 0.717) is 47.0 Å². The van der Waals surface area contributed by atoms with Gasteiger partial charge in [0, 0.05) is 30.8 Å². The first-order valence-corrected chi connectivity index (χ1v) is 9.69. The van der Waals surface area contributed by atoms with Crippen LogP contribution in [0.3, 0.4) is 0 Å². The van der Waals surface area contributed by atoms with Crippen molar-refractivity contribution in [3.63, 3.8) is 0 Å². The van der Waals surface area contributed by atoms with Gasteiger partial charge in [0.1, 0.15) is 5.15 Å². The van der Waals surface area contributed by atoms with E-state index in [9.17, 15) is 4.79 Å². The molecule has 4 heterocycles. The van der Waals surface area contributed by atoms with Crippen molar-refractivity contribution in [2.45, 2.75) is 18.8 Å². The summed E-state index contributed by atoms with van der Waals surface area (Å²) in [4.78, 5) is 23.0. The van der Waals surface area contributed by atoms with Crippen molar-refractivity contribution < 1.29 is 18.8 Å². The second-order valence-corrected chi connectivity index (χ2v) is 7.35. The van der Waals surface area contributed by atoms with Crippen LogP contribution in [0, 0.1) is 0 Å². The Hall–Kier alpha value is -3.13. The van der Waals surface area contributed by atoms with E-state index in [0.717, 1.165) is 18.4 Å². The molecule has 1 aromatic carbocycles. The zero-order chi connectivity index (χ0) is 19.8. The van der Waals surface area contributed by atoms with E-state index in [1.807, 2.05) is 23.1 Å². The molecule has 8 nitrogen and oxygen atoms in total. The highest BCUT2D eigenvalue weighted by Gasteiger charge is 2.28. The molecule has 3 aromatic rings. The maximum atomic E-state index is 12.6. The average molecular weight is 413 g/mol. The number of amides is 1. The lowest BCUT2D eigenvalue weighted by Crippen LogP contribution is -2.38. The number of fused-ring (bicyclic) bond motifs is 1. The van der Waals surface area contributed by atoms with Crippen LogP contribution in [0.2, 0.25) is 5.15 Å². The van der Waals surface area contributed by atoms with Crippen LogP contribution in [-0.4, -0.2) is 45.8 Å². The lowest BCUT2D eigenvalue weighted by atomic mass is 9.96. The van der Waals surface area contributed by atoms with Gasteiger partial charge in [-0.25, -0.2) is 4.98 Å². The van der Waals surface area contributed by atoms with Gasteiger partial charge in [-0.2, -0.15) is 4.98 Å². The molecule has 2 aromatic heterocycles. The molecule has 148 valence electrons. The van der Waals surface area contributed by atoms with Crippen molar-refractivity contribution in [2.24, 2.45) is 0 Å². The molecule has 0 N–H and O–H groups in total. The van der Waals surface area contributed by atoms with Crippen LogP contribution in [0.25, 0.3) is 11.4 Å². The Morgan fingerprint density at radius 1 is 1.10 bits per heavy atom. The van der Waals surface area contributed by atoms with Gasteiger partial charge in [0.15, 0.2) is 11.5 Å². The van der Waals surface area contributed by atoms with Gasteiger partial charge in [0.05, 0.1) is 5.56 Å². The minimum absolute atomic E-state index is 0.0424. The molecule has 1 fully saturated rings. The number of rotatable bonds is 3. The lowest BCUT2D eigenvalue weighted by molar-refractivity contribution is 0.0704. The molecule has 2 aliphatic heterocycles. The number of benzene rings is 1. The molecule has 29 heavy (non-hydrogen) atoms. The number of pyridine rings is 1. The summed E-state index contributed by atoms with van der Waals surface area (Å²) in [5, 5.41) is 4.48. The SMILES string of the molecule is O=C(c1ccc(Cl)nc1)N1CCC(c2nc(-c3ccc4c(c3)OCO4)no2)CC1. The molecule has 2 aliphatic rings. The Morgan fingerprint density at radius 2 is 1.93 bits per heavy atom. The minimum atomic E-state index is -0.0424. The summed E-state index contributed by atoms with van der Waals surface area (Å²) in [6, 6.07) is 8.88. The summed E-state index contributed by atoms with van der Waals surface area (Å²) in [6.07, 6.45) is 3.03. The molecule has 0 radical (unpaired) electrons. The predicted molar refractivity (Wildman–Crippen MR) is 103 cm³/mol. The van der Waals surface area contributed by atoms with Crippen LogP contribution in [0.4, 0.5) is 0 Å². The number of aromatic nitrogens is 3. The highest BCUT2D eigenvalue weighted by Crippen LogP contribution is 2.36. The van der Waals surface area contributed by atoms with Crippen LogP contribution >= 0.6 is 11.6 Å². The van der Waals surface area contributed by atoms with Gasteiger partial charge in [-0.15, -0.1) is 0 Å². The van der Waals surface area contributed by atoms with Crippen LogP contribution < -0.4 is 9.47 Å². The monoisotopic (exact) mass is 412 g/mol. The summed E-state index contributed by atoms with van der Waals surface area (Å²) < 4.78 is 16.2. The number of hydrogen-bond donors (Lipinski definition) is 0. The quantitative estimate of drug-likeness (QED) is 0.607. The number of likely N-dealkylation sites (tertiary alicyclic amines) is 1. The van der Waals surface area contributed by atoms with Gasteiger partial charge in [-0.05, 0) is 43.2 Å². The standard InChI is InChI=1S/C20H17ClN4O4/c21-17-4-2-14(10-22-17)20(26)25-7-5-12(6-8-25)19-23-18(24-29-19)13-1-3-15-16(9-13)28-11-27-15/h1-4,9-10,12H,5-8,11H2. The second-order valence-electron chi connectivity index (χ2n) is 6.96. The van der Waals surface area contributed by atoms with E-state index < -0.39 is 0 Å². The van der Waals surface area contributed by atoms with E-state index in [4.69, 9.17) is 25.6 Å². The smallest absolute Gasteiger partial charge is 0.255 e. The fourth-order valence-electron chi connectivity index (χ4n) is 3.57. The number of hydrogen-bond acceptors (Lipinski definition) is 7. The summed E-state index contributed by atoms with van der Waals surface area (Å²) >= 11 is 5.79. The molecule has 0 spiro atoms. The number of carbonyl (C=O) groups excluding carboxylic acids is 1. The Morgan fingerprint density at radius 3 is 2.72 bits per heavy atom. The molecule has 0 unspecified atom stereocenters. The minimum Gasteiger partial charge on any atom is -0.454 e. The molecule has 1 saturated heterocycles. The highest BCUT2D eigenvalue weighted by atomic mass is 35.5. The topological polar surface area (TPSA) is 90.6 Å². The summed E-state index contributed by atoms with van der Waals surface area (Å²) in [6.45, 7) is 1.46. The van der Waals surface area contributed by atoms with Gasteiger partial charge in [0.2, 0.25) is 18.5 Å². The molecular weight excluding hydrogens is 396 g/mol. The summed E-state index contributed by atoms with van der Waals surface area (Å²) in [5.74, 6) is 2.58. The molecule has 5 rings (SSSR count).